The molecule has 2 aliphatic heterocycles. The summed E-state index contributed by atoms with van der Waals surface area (Å²) in [5.41, 5.74) is -0.874. The van der Waals surface area contributed by atoms with Crippen LogP contribution >= 0.6 is 11.8 Å². The highest BCUT2D eigenvalue weighted by Crippen LogP contribution is 2.40. The van der Waals surface area contributed by atoms with Crippen LogP contribution in [0.2, 0.25) is 0 Å². The van der Waals surface area contributed by atoms with Gasteiger partial charge in [-0.15, -0.1) is 0 Å². The molecule has 1 saturated heterocycles. The molecule has 0 aromatic rings. The number of esters is 3. The lowest BCUT2D eigenvalue weighted by Gasteiger charge is -2.41. The number of aliphatic imine (C=N–C) groups is 1. The van der Waals surface area contributed by atoms with Gasteiger partial charge in [0.25, 0.3) is 6.43 Å². The first-order chi connectivity index (χ1) is 11.7. The molecule has 0 amide bonds. The van der Waals surface area contributed by atoms with Gasteiger partial charge in [-0.25, -0.2) is 8.78 Å². The van der Waals surface area contributed by atoms with E-state index in [9.17, 15) is 23.2 Å². The van der Waals surface area contributed by atoms with Gasteiger partial charge in [-0.05, 0) is 0 Å². The molecule has 5 atom stereocenters. The maximum absolute atomic E-state index is 13.0. The molecule has 0 bridgehead atoms. The molecule has 8 nitrogen and oxygen atoms in total. The summed E-state index contributed by atoms with van der Waals surface area (Å²) in [7, 11) is 0. The fourth-order valence-corrected chi connectivity index (χ4v) is 3.60. The van der Waals surface area contributed by atoms with Crippen LogP contribution in [-0.2, 0) is 33.3 Å². The summed E-state index contributed by atoms with van der Waals surface area (Å²) in [6, 6.07) is -0.962. The van der Waals surface area contributed by atoms with Crippen molar-refractivity contribution in [2.45, 2.75) is 57.0 Å². The summed E-state index contributed by atoms with van der Waals surface area (Å²) in [4.78, 5) is 37.7. The van der Waals surface area contributed by atoms with E-state index in [2.05, 4.69) is 4.99 Å². The third-order valence-corrected chi connectivity index (χ3v) is 4.52. The molecule has 25 heavy (non-hydrogen) atoms. The lowest BCUT2D eigenvalue weighted by atomic mass is 9.98. The van der Waals surface area contributed by atoms with Gasteiger partial charge in [-0.1, -0.05) is 11.8 Å². The Balaban J connectivity index is 2.30. The molecule has 0 N–H and O–H groups in total. The number of carbonyl (C=O) groups excluding carboxylic acids is 3. The second-order valence-corrected chi connectivity index (χ2v) is 6.49. The van der Waals surface area contributed by atoms with Gasteiger partial charge < -0.3 is 18.9 Å². The van der Waals surface area contributed by atoms with Crippen LogP contribution in [0.1, 0.15) is 20.8 Å². The SMILES string of the molecule is CC(=O)OC[C@H]1O[C@@H]2SC(C(F)F)=N[C@@H]2[C@@H](OC(C)=O)[C@@H]1OC(C)=O. The highest BCUT2D eigenvalue weighted by Gasteiger charge is 2.53. The van der Waals surface area contributed by atoms with E-state index in [1.54, 1.807) is 0 Å². The predicted molar refractivity (Wildman–Crippen MR) is 81.2 cm³/mol. The fraction of sp³-hybridized carbons (Fsp3) is 0.714. The van der Waals surface area contributed by atoms with E-state index < -0.39 is 59.2 Å². The standard InChI is InChI=1S/C14H17F2NO7S/c1-5(18)21-4-8-10(22-6(2)19)11(23-7(3)20)9-14(24-8)25-13(17-9)12(15)16/h8-12,14H,4H2,1-3H3/t8-,9-,10-,11-,14-/m1/s1. The molecule has 1 fully saturated rings. The van der Waals surface area contributed by atoms with E-state index in [0.717, 1.165) is 13.8 Å². The van der Waals surface area contributed by atoms with E-state index in [1.807, 2.05) is 0 Å². The lowest BCUT2D eigenvalue weighted by molar-refractivity contribution is -0.208. The van der Waals surface area contributed by atoms with Gasteiger partial charge in [-0.2, -0.15) is 0 Å². The van der Waals surface area contributed by atoms with Crippen LogP contribution in [0.4, 0.5) is 8.78 Å². The highest BCUT2D eigenvalue weighted by molar-refractivity contribution is 8.14. The van der Waals surface area contributed by atoms with Crippen LogP contribution < -0.4 is 0 Å². The van der Waals surface area contributed by atoms with Crippen molar-refractivity contribution in [2.75, 3.05) is 6.61 Å². The molecule has 11 heteroatoms. The number of halogens is 2. The summed E-state index contributed by atoms with van der Waals surface area (Å²) >= 11 is 0.698. The summed E-state index contributed by atoms with van der Waals surface area (Å²) in [5.74, 6) is -1.99. The normalized spacial score (nSPS) is 31.1. The Hall–Kier alpha value is -1.75. The fourth-order valence-electron chi connectivity index (χ4n) is 2.52. The topological polar surface area (TPSA) is 100 Å². The van der Waals surface area contributed by atoms with E-state index in [0.29, 0.717) is 11.8 Å². The number of hydrogen-bond donors (Lipinski definition) is 0. The Kier molecular flexibility index (Phi) is 6.33. The van der Waals surface area contributed by atoms with Crippen LogP contribution in [0.25, 0.3) is 0 Å². The summed E-state index contributed by atoms with van der Waals surface area (Å²) in [6.45, 7) is 3.16. The lowest BCUT2D eigenvalue weighted by Crippen LogP contribution is -2.59. The molecule has 0 aliphatic carbocycles. The van der Waals surface area contributed by atoms with Crippen LogP contribution in [-0.4, -0.2) is 65.8 Å². The van der Waals surface area contributed by atoms with E-state index in [4.69, 9.17) is 18.9 Å². The van der Waals surface area contributed by atoms with Gasteiger partial charge in [-0.3, -0.25) is 19.4 Å². The minimum absolute atomic E-state index is 0.293. The highest BCUT2D eigenvalue weighted by atomic mass is 32.2. The molecule has 0 unspecified atom stereocenters. The number of ether oxygens (including phenoxy) is 4. The summed E-state index contributed by atoms with van der Waals surface area (Å²) < 4.78 is 46.8. The number of fused-ring (bicyclic) bond motifs is 1. The van der Waals surface area contributed by atoms with Crippen molar-refractivity contribution in [2.24, 2.45) is 4.99 Å². The number of rotatable bonds is 5. The van der Waals surface area contributed by atoms with Gasteiger partial charge in [0, 0.05) is 20.8 Å². The monoisotopic (exact) mass is 381 g/mol. The first-order valence-corrected chi connectivity index (χ1v) is 8.22. The molecular weight excluding hydrogens is 364 g/mol. The molecule has 0 aromatic heterocycles. The van der Waals surface area contributed by atoms with Crippen molar-refractivity contribution in [1.29, 1.82) is 0 Å². The third-order valence-electron chi connectivity index (χ3n) is 3.37. The maximum Gasteiger partial charge on any atom is 0.303 e. The Labute approximate surface area is 146 Å². The predicted octanol–water partition coefficient (Wildman–Crippen LogP) is 0.917. The molecule has 140 valence electrons. The number of thioether (sulfide) groups is 1. The minimum Gasteiger partial charge on any atom is -0.463 e. The van der Waals surface area contributed by atoms with Crippen LogP contribution in [0.5, 0.6) is 0 Å². The third kappa shape index (κ3) is 4.88. The zero-order valence-electron chi connectivity index (χ0n) is 13.6. The summed E-state index contributed by atoms with van der Waals surface area (Å²) in [5, 5.41) is -0.457. The molecule has 2 aliphatic rings. The number of alkyl halides is 2. The molecule has 2 heterocycles. The van der Waals surface area contributed by atoms with Crippen molar-refractivity contribution >= 4 is 34.7 Å². The largest absolute Gasteiger partial charge is 0.463 e. The van der Waals surface area contributed by atoms with Crippen LogP contribution in [0, 0.1) is 0 Å². The molecule has 2 rings (SSSR count). The van der Waals surface area contributed by atoms with Crippen molar-refractivity contribution in [1.82, 2.24) is 0 Å². The Bertz CT molecular complexity index is 586. The van der Waals surface area contributed by atoms with Gasteiger partial charge in [0.2, 0.25) is 0 Å². The number of hydrogen-bond acceptors (Lipinski definition) is 9. The Morgan fingerprint density at radius 1 is 1.12 bits per heavy atom. The van der Waals surface area contributed by atoms with Gasteiger partial charge >= 0.3 is 17.9 Å². The first kappa shape index (κ1) is 19.6. The average Bonchev–Trinajstić information content (AvgIpc) is 2.91. The first-order valence-electron chi connectivity index (χ1n) is 7.34. The van der Waals surface area contributed by atoms with Gasteiger partial charge in [0.1, 0.15) is 29.2 Å². The van der Waals surface area contributed by atoms with Crippen LogP contribution in [0.15, 0.2) is 4.99 Å². The molecular formula is C14H17F2NO7S. The van der Waals surface area contributed by atoms with E-state index in [-0.39, 0.29) is 6.61 Å². The Morgan fingerprint density at radius 2 is 1.72 bits per heavy atom. The van der Waals surface area contributed by atoms with Crippen molar-refractivity contribution in [3.05, 3.63) is 0 Å². The molecule has 0 saturated carbocycles. The minimum atomic E-state index is -2.81. The maximum atomic E-state index is 13.0. The van der Waals surface area contributed by atoms with E-state index in [1.165, 1.54) is 6.92 Å². The smallest absolute Gasteiger partial charge is 0.303 e. The van der Waals surface area contributed by atoms with E-state index >= 15 is 0 Å². The second-order valence-electron chi connectivity index (χ2n) is 5.37. The van der Waals surface area contributed by atoms with Gasteiger partial charge in [0.05, 0.1) is 0 Å². The number of nitrogens with zero attached hydrogens (tertiary/aromatic N) is 1. The Morgan fingerprint density at radius 3 is 2.24 bits per heavy atom. The number of carbonyl (C=O) groups is 3. The molecule has 0 spiro atoms. The van der Waals surface area contributed by atoms with Crippen molar-refractivity contribution in [3.63, 3.8) is 0 Å². The van der Waals surface area contributed by atoms with Gasteiger partial charge in [0.15, 0.2) is 12.2 Å². The molecule has 0 aromatic carbocycles. The zero-order valence-corrected chi connectivity index (χ0v) is 14.5. The van der Waals surface area contributed by atoms with Crippen molar-refractivity contribution < 1.29 is 42.1 Å². The molecule has 0 radical (unpaired) electrons. The zero-order chi connectivity index (χ0) is 18.7. The quantitative estimate of drug-likeness (QED) is 0.512. The average molecular weight is 381 g/mol. The van der Waals surface area contributed by atoms with Crippen LogP contribution in [0.3, 0.4) is 0 Å². The van der Waals surface area contributed by atoms with Crippen molar-refractivity contribution in [3.8, 4) is 0 Å². The summed E-state index contributed by atoms with van der Waals surface area (Å²) in [6.07, 6.45) is -6.08. The second kappa shape index (κ2) is 8.09.